The van der Waals surface area contributed by atoms with Crippen LogP contribution in [-0.4, -0.2) is 30.9 Å². The Hall–Kier alpha value is -2.57. The monoisotopic (exact) mass is 420 g/mol. The normalized spacial score (nSPS) is 16.2. The SMILES string of the molecule is Cc1ccc(N2C[C@H](C(=O)OCC(=O)Nc3ccc(Cl)c(Cl)c3)CC2=O)cc1. The minimum atomic E-state index is -0.605. The van der Waals surface area contributed by atoms with E-state index in [-0.39, 0.29) is 18.9 Å². The first-order valence-corrected chi connectivity index (χ1v) is 9.37. The first-order valence-electron chi connectivity index (χ1n) is 8.62. The number of ether oxygens (including phenoxy) is 1. The van der Waals surface area contributed by atoms with Crippen molar-refractivity contribution in [2.45, 2.75) is 13.3 Å². The number of nitrogens with zero attached hydrogens (tertiary/aromatic N) is 1. The fourth-order valence-electron chi connectivity index (χ4n) is 2.87. The van der Waals surface area contributed by atoms with Crippen LogP contribution in [0.15, 0.2) is 42.5 Å². The first kappa shape index (κ1) is 20.2. The predicted molar refractivity (Wildman–Crippen MR) is 108 cm³/mol. The van der Waals surface area contributed by atoms with Gasteiger partial charge in [0.15, 0.2) is 6.61 Å². The van der Waals surface area contributed by atoms with Gasteiger partial charge in [0.05, 0.1) is 16.0 Å². The standard InChI is InChI=1S/C20H18Cl2N2O4/c1-12-2-5-15(6-3-12)24-10-13(8-19(24)26)20(27)28-11-18(25)23-14-4-7-16(21)17(22)9-14/h2-7,9,13H,8,10-11H2,1H3,(H,23,25)/t13-/m1/s1. The summed E-state index contributed by atoms with van der Waals surface area (Å²) < 4.78 is 5.08. The lowest BCUT2D eigenvalue weighted by Gasteiger charge is -2.16. The van der Waals surface area contributed by atoms with Crippen LogP contribution in [0.2, 0.25) is 10.0 Å². The van der Waals surface area contributed by atoms with Gasteiger partial charge in [0, 0.05) is 24.3 Å². The molecule has 0 aromatic heterocycles. The average molecular weight is 421 g/mol. The van der Waals surface area contributed by atoms with E-state index in [9.17, 15) is 14.4 Å². The molecule has 1 atom stereocenters. The van der Waals surface area contributed by atoms with E-state index in [0.29, 0.717) is 15.7 Å². The highest BCUT2D eigenvalue weighted by atomic mass is 35.5. The number of anilines is 2. The smallest absolute Gasteiger partial charge is 0.311 e. The molecule has 0 saturated carbocycles. The molecular formula is C20H18Cl2N2O4. The zero-order valence-corrected chi connectivity index (χ0v) is 16.6. The molecule has 2 aromatic carbocycles. The van der Waals surface area contributed by atoms with Crippen molar-refractivity contribution in [3.8, 4) is 0 Å². The minimum Gasteiger partial charge on any atom is -0.455 e. The lowest BCUT2D eigenvalue weighted by molar-refractivity contribution is -0.151. The second kappa shape index (κ2) is 8.63. The largest absolute Gasteiger partial charge is 0.455 e. The second-order valence-electron chi connectivity index (χ2n) is 6.53. The number of esters is 1. The Kier molecular flexibility index (Phi) is 6.21. The number of carbonyl (C=O) groups is 3. The molecule has 0 radical (unpaired) electrons. The third-order valence-corrected chi connectivity index (χ3v) is 5.09. The van der Waals surface area contributed by atoms with Crippen LogP contribution in [0.3, 0.4) is 0 Å². The van der Waals surface area contributed by atoms with Gasteiger partial charge in [-0.3, -0.25) is 14.4 Å². The molecule has 1 saturated heterocycles. The summed E-state index contributed by atoms with van der Waals surface area (Å²) in [5, 5.41) is 3.24. The van der Waals surface area contributed by atoms with Crippen LogP contribution in [0.4, 0.5) is 11.4 Å². The highest BCUT2D eigenvalue weighted by Gasteiger charge is 2.36. The summed E-state index contributed by atoms with van der Waals surface area (Å²) in [5.74, 6) is -1.84. The van der Waals surface area contributed by atoms with Gasteiger partial charge in [-0.1, -0.05) is 40.9 Å². The average Bonchev–Trinajstić information content (AvgIpc) is 3.05. The number of carbonyl (C=O) groups excluding carboxylic acids is 3. The molecule has 3 rings (SSSR count). The number of amides is 2. The van der Waals surface area contributed by atoms with Crippen molar-refractivity contribution in [2.24, 2.45) is 5.92 Å². The van der Waals surface area contributed by atoms with Crippen LogP contribution in [0.5, 0.6) is 0 Å². The van der Waals surface area contributed by atoms with Crippen molar-refractivity contribution in [2.75, 3.05) is 23.4 Å². The second-order valence-corrected chi connectivity index (χ2v) is 7.34. The van der Waals surface area contributed by atoms with E-state index in [2.05, 4.69) is 5.32 Å². The quantitative estimate of drug-likeness (QED) is 0.745. The van der Waals surface area contributed by atoms with Crippen LogP contribution in [0.25, 0.3) is 0 Å². The first-order chi connectivity index (χ1) is 13.3. The van der Waals surface area contributed by atoms with Crippen LogP contribution < -0.4 is 10.2 Å². The van der Waals surface area contributed by atoms with E-state index in [0.717, 1.165) is 11.3 Å². The van der Waals surface area contributed by atoms with Gasteiger partial charge in [0.2, 0.25) is 5.91 Å². The fourth-order valence-corrected chi connectivity index (χ4v) is 3.16. The summed E-state index contributed by atoms with van der Waals surface area (Å²) in [6.07, 6.45) is 0.0567. The van der Waals surface area contributed by atoms with E-state index in [1.807, 2.05) is 31.2 Å². The Bertz CT molecular complexity index is 915. The van der Waals surface area contributed by atoms with Crippen molar-refractivity contribution in [1.82, 2.24) is 0 Å². The number of nitrogens with one attached hydrogen (secondary N) is 1. The maximum Gasteiger partial charge on any atom is 0.311 e. The maximum absolute atomic E-state index is 12.3. The van der Waals surface area contributed by atoms with Gasteiger partial charge in [-0.15, -0.1) is 0 Å². The molecule has 0 unspecified atom stereocenters. The van der Waals surface area contributed by atoms with E-state index in [4.69, 9.17) is 27.9 Å². The van der Waals surface area contributed by atoms with Gasteiger partial charge in [-0.2, -0.15) is 0 Å². The number of hydrogen-bond donors (Lipinski definition) is 1. The highest BCUT2D eigenvalue weighted by Crippen LogP contribution is 2.27. The van der Waals surface area contributed by atoms with Crippen LogP contribution in [0.1, 0.15) is 12.0 Å². The van der Waals surface area contributed by atoms with E-state index < -0.39 is 24.4 Å². The highest BCUT2D eigenvalue weighted by molar-refractivity contribution is 6.42. The number of rotatable bonds is 5. The van der Waals surface area contributed by atoms with Crippen LogP contribution in [0, 0.1) is 12.8 Å². The van der Waals surface area contributed by atoms with Crippen molar-refractivity contribution >= 4 is 52.4 Å². The van der Waals surface area contributed by atoms with Crippen LogP contribution in [-0.2, 0) is 19.1 Å². The third kappa shape index (κ3) is 4.82. The molecule has 146 valence electrons. The third-order valence-electron chi connectivity index (χ3n) is 4.35. The Labute approximate surface area is 172 Å². The summed E-state index contributed by atoms with van der Waals surface area (Å²) in [5.41, 5.74) is 2.26. The molecule has 0 aliphatic carbocycles. The number of hydrogen-bond acceptors (Lipinski definition) is 4. The van der Waals surface area contributed by atoms with Crippen LogP contribution >= 0.6 is 23.2 Å². The molecule has 28 heavy (non-hydrogen) atoms. The van der Waals surface area contributed by atoms with Gasteiger partial charge in [-0.05, 0) is 37.3 Å². The summed E-state index contributed by atoms with van der Waals surface area (Å²) in [7, 11) is 0. The lowest BCUT2D eigenvalue weighted by Crippen LogP contribution is -2.28. The van der Waals surface area contributed by atoms with E-state index in [1.54, 1.807) is 17.0 Å². The molecule has 1 heterocycles. The summed E-state index contributed by atoms with van der Waals surface area (Å²) in [6.45, 7) is 1.74. The molecular weight excluding hydrogens is 403 g/mol. The van der Waals surface area contributed by atoms with Gasteiger partial charge in [0.25, 0.3) is 5.91 Å². The minimum absolute atomic E-state index is 0.0567. The predicted octanol–water partition coefficient (Wildman–Crippen LogP) is 3.84. The number of benzene rings is 2. The van der Waals surface area contributed by atoms with Gasteiger partial charge >= 0.3 is 5.97 Å². The molecule has 1 aliphatic heterocycles. The van der Waals surface area contributed by atoms with Gasteiger partial charge < -0.3 is 15.0 Å². The molecule has 1 N–H and O–H groups in total. The molecule has 1 aliphatic rings. The molecule has 0 bridgehead atoms. The van der Waals surface area contributed by atoms with E-state index >= 15 is 0 Å². The molecule has 2 aromatic rings. The summed E-state index contributed by atoms with van der Waals surface area (Å²) in [4.78, 5) is 38.0. The zero-order valence-electron chi connectivity index (χ0n) is 15.1. The Balaban J connectivity index is 1.52. The van der Waals surface area contributed by atoms with Gasteiger partial charge in [0.1, 0.15) is 0 Å². The molecule has 0 spiro atoms. The topological polar surface area (TPSA) is 75.7 Å². The molecule has 1 fully saturated rings. The Morgan fingerprint density at radius 2 is 1.86 bits per heavy atom. The molecule has 2 amide bonds. The van der Waals surface area contributed by atoms with Crippen molar-refractivity contribution in [3.63, 3.8) is 0 Å². The zero-order chi connectivity index (χ0) is 20.3. The Morgan fingerprint density at radius 1 is 1.14 bits per heavy atom. The van der Waals surface area contributed by atoms with Crippen molar-refractivity contribution < 1.29 is 19.1 Å². The number of aryl methyl sites for hydroxylation is 1. The summed E-state index contributed by atoms with van der Waals surface area (Å²) >= 11 is 11.7. The maximum atomic E-state index is 12.3. The lowest BCUT2D eigenvalue weighted by atomic mass is 10.1. The van der Waals surface area contributed by atoms with Crippen molar-refractivity contribution in [1.29, 1.82) is 0 Å². The number of halogens is 2. The Morgan fingerprint density at radius 3 is 2.54 bits per heavy atom. The van der Waals surface area contributed by atoms with Crippen molar-refractivity contribution in [3.05, 3.63) is 58.1 Å². The fraction of sp³-hybridized carbons (Fsp3) is 0.250. The van der Waals surface area contributed by atoms with E-state index in [1.165, 1.54) is 6.07 Å². The molecule has 6 nitrogen and oxygen atoms in total. The summed E-state index contributed by atoms with van der Waals surface area (Å²) in [6, 6.07) is 12.1. The molecule has 8 heteroatoms. The van der Waals surface area contributed by atoms with Gasteiger partial charge in [-0.25, -0.2) is 0 Å².